The molecule has 1 heterocycles. The Labute approximate surface area is 124 Å². The van der Waals surface area contributed by atoms with Gasteiger partial charge in [-0.2, -0.15) is 0 Å². The molecule has 0 spiro atoms. The van der Waals surface area contributed by atoms with Crippen LogP contribution in [-0.2, 0) is 6.54 Å². The minimum absolute atomic E-state index is 0.307. The van der Waals surface area contributed by atoms with Crippen molar-refractivity contribution < 1.29 is 8.78 Å². The van der Waals surface area contributed by atoms with E-state index < -0.39 is 11.6 Å². The van der Waals surface area contributed by atoms with E-state index in [4.69, 9.17) is 5.73 Å². The van der Waals surface area contributed by atoms with E-state index in [9.17, 15) is 8.78 Å². The van der Waals surface area contributed by atoms with Crippen LogP contribution in [0.1, 0.15) is 51.3 Å². The van der Waals surface area contributed by atoms with Gasteiger partial charge in [-0.05, 0) is 32.2 Å². The van der Waals surface area contributed by atoms with Crippen molar-refractivity contribution in [1.82, 2.24) is 9.55 Å². The topological polar surface area (TPSA) is 43.8 Å². The Morgan fingerprint density at radius 2 is 1.81 bits per heavy atom. The lowest BCUT2D eigenvalue weighted by Crippen LogP contribution is -2.10. The first kappa shape index (κ1) is 15.9. The number of hydrogen-bond donors (Lipinski definition) is 1. The lowest BCUT2D eigenvalue weighted by atomic mass is 10.0. The number of benzene rings is 1. The first-order valence-corrected chi connectivity index (χ1v) is 7.67. The maximum atomic E-state index is 13.6. The number of rotatable bonds is 7. The number of nitrogens with zero attached hydrogens (tertiary/aromatic N) is 2. The molecular weight excluding hydrogens is 272 g/mol. The highest BCUT2D eigenvalue weighted by molar-refractivity contribution is 5.76. The first-order chi connectivity index (χ1) is 10.1. The summed E-state index contributed by atoms with van der Waals surface area (Å²) in [5.74, 6) is -0.429. The maximum Gasteiger partial charge on any atom is 0.161 e. The van der Waals surface area contributed by atoms with E-state index in [1.54, 1.807) is 0 Å². The van der Waals surface area contributed by atoms with Crippen LogP contribution in [0.2, 0.25) is 0 Å². The highest BCUT2D eigenvalue weighted by Gasteiger charge is 2.19. The van der Waals surface area contributed by atoms with E-state index in [2.05, 4.69) is 18.8 Å². The van der Waals surface area contributed by atoms with E-state index in [0.29, 0.717) is 23.5 Å². The van der Waals surface area contributed by atoms with Gasteiger partial charge in [0.15, 0.2) is 11.6 Å². The van der Waals surface area contributed by atoms with Gasteiger partial charge >= 0.3 is 0 Å². The number of imidazole rings is 1. The van der Waals surface area contributed by atoms with Gasteiger partial charge in [0.05, 0.1) is 11.0 Å². The molecular formula is C16H23F2N3. The zero-order valence-electron chi connectivity index (χ0n) is 12.7. The number of halogens is 2. The molecule has 0 aliphatic rings. The summed E-state index contributed by atoms with van der Waals surface area (Å²) in [5.41, 5.74) is 6.75. The molecule has 116 valence electrons. The molecule has 0 atom stereocenters. The Balaban J connectivity index is 2.51. The van der Waals surface area contributed by atoms with E-state index >= 15 is 0 Å². The number of hydrogen-bond acceptors (Lipinski definition) is 2. The van der Waals surface area contributed by atoms with E-state index in [-0.39, 0.29) is 0 Å². The van der Waals surface area contributed by atoms with Gasteiger partial charge < -0.3 is 10.3 Å². The predicted molar refractivity (Wildman–Crippen MR) is 81.3 cm³/mol. The molecule has 3 nitrogen and oxygen atoms in total. The average molecular weight is 295 g/mol. The Morgan fingerprint density at radius 1 is 1.14 bits per heavy atom. The molecule has 0 unspecified atom stereocenters. The molecule has 21 heavy (non-hydrogen) atoms. The van der Waals surface area contributed by atoms with Crippen molar-refractivity contribution >= 4 is 11.0 Å². The Kier molecular flexibility index (Phi) is 5.28. The van der Waals surface area contributed by atoms with Crippen LogP contribution in [0.4, 0.5) is 8.78 Å². The molecule has 0 aliphatic carbocycles. The molecule has 0 saturated heterocycles. The largest absolute Gasteiger partial charge is 0.330 e. The highest BCUT2D eigenvalue weighted by atomic mass is 19.2. The molecule has 1 aromatic heterocycles. The third-order valence-electron chi connectivity index (χ3n) is 4.01. The molecule has 0 saturated carbocycles. The van der Waals surface area contributed by atoms with Crippen molar-refractivity contribution in [2.75, 3.05) is 6.54 Å². The van der Waals surface area contributed by atoms with Gasteiger partial charge in [0.1, 0.15) is 5.82 Å². The summed E-state index contributed by atoms with van der Waals surface area (Å²) in [6, 6.07) is 2.45. The second-order valence-corrected chi connectivity index (χ2v) is 5.39. The van der Waals surface area contributed by atoms with Crippen LogP contribution in [0.5, 0.6) is 0 Å². The molecule has 0 amide bonds. The molecule has 0 radical (unpaired) electrons. The molecule has 2 aromatic rings. The first-order valence-electron chi connectivity index (χ1n) is 7.67. The fraction of sp³-hybridized carbons (Fsp3) is 0.562. The highest BCUT2D eigenvalue weighted by Crippen LogP contribution is 2.28. The Bertz CT molecular complexity index is 603. The fourth-order valence-electron chi connectivity index (χ4n) is 2.75. The van der Waals surface area contributed by atoms with Crippen molar-refractivity contribution in [3.8, 4) is 0 Å². The van der Waals surface area contributed by atoms with Gasteiger partial charge in [0.2, 0.25) is 0 Å². The number of unbranched alkanes of at least 4 members (excludes halogenated alkanes) is 1. The van der Waals surface area contributed by atoms with Crippen LogP contribution in [0.3, 0.4) is 0 Å². The third kappa shape index (κ3) is 3.23. The molecule has 5 heteroatoms. The summed E-state index contributed by atoms with van der Waals surface area (Å²) < 4.78 is 29.0. The smallest absolute Gasteiger partial charge is 0.161 e. The van der Waals surface area contributed by atoms with Gasteiger partial charge in [0, 0.05) is 24.6 Å². The van der Waals surface area contributed by atoms with Crippen LogP contribution in [0.15, 0.2) is 12.1 Å². The van der Waals surface area contributed by atoms with Crippen molar-refractivity contribution in [3.63, 3.8) is 0 Å². The van der Waals surface area contributed by atoms with Crippen LogP contribution in [-0.4, -0.2) is 16.1 Å². The Morgan fingerprint density at radius 3 is 2.43 bits per heavy atom. The number of nitrogens with two attached hydrogens (primary N) is 1. The number of aromatic nitrogens is 2. The van der Waals surface area contributed by atoms with Gasteiger partial charge in [-0.3, -0.25) is 0 Å². The summed E-state index contributed by atoms with van der Waals surface area (Å²) in [6.07, 6.45) is 3.74. The van der Waals surface area contributed by atoms with Crippen molar-refractivity contribution in [2.45, 2.75) is 52.0 Å². The molecule has 0 fully saturated rings. The van der Waals surface area contributed by atoms with Crippen LogP contribution < -0.4 is 5.73 Å². The van der Waals surface area contributed by atoms with Crippen molar-refractivity contribution in [2.24, 2.45) is 5.73 Å². The van der Waals surface area contributed by atoms with Crippen LogP contribution in [0.25, 0.3) is 11.0 Å². The van der Waals surface area contributed by atoms with E-state index in [0.717, 1.165) is 38.1 Å². The predicted octanol–water partition coefficient (Wildman–Crippen LogP) is 3.96. The zero-order chi connectivity index (χ0) is 15.4. The quantitative estimate of drug-likeness (QED) is 0.786. The lowest BCUT2D eigenvalue weighted by molar-refractivity contribution is 0.509. The van der Waals surface area contributed by atoms with Gasteiger partial charge in [-0.15, -0.1) is 0 Å². The Hall–Kier alpha value is -1.49. The van der Waals surface area contributed by atoms with Crippen LogP contribution in [0, 0.1) is 11.6 Å². The number of fused-ring (bicyclic) bond motifs is 1. The maximum absolute atomic E-state index is 13.6. The summed E-state index contributed by atoms with van der Waals surface area (Å²) in [6.45, 7) is 5.60. The van der Waals surface area contributed by atoms with Crippen LogP contribution >= 0.6 is 0 Å². The van der Waals surface area contributed by atoms with Gasteiger partial charge in [0.25, 0.3) is 0 Å². The van der Waals surface area contributed by atoms with E-state index in [1.807, 2.05) is 4.57 Å². The van der Waals surface area contributed by atoms with Crippen molar-refractivity contribution in [3.05, 3.63) is 29.6 Å². The van der Waals surface area contributed by atoms with Gasteiger partial charge in [-0.1, -0.05) is 13.8 Å². The van der Waals surface area contributed by atoms with E-state index in [1.165, 1.54) is 12.1 Å². The molecule has 1 aromatic carbocycles. The minimum Gasteiger partial charge on any atom is -0.330 e. The van der Waals surface area contributed by atoms with Crippen molar-refractivity contribution in [1.29, 1.82) is 0 Å². The second kappa shape index (κ2) is 6.98. The zero-order valence-corrected chi connectivity index (χ0v) is 12.7. The fourth-order valence-corrected chi connectivity index (χ4v) is 2.75. The summed E-state index contributed by atoms with van der Waals surface area (Å²) in [4.78, 5) is 4.56. The second-order valence-electron chi connectivity index (χ2n) is 5.39. The number of aryl methyl sites for hydroxylation is 1. The summed E-state index contributed by atoms with van der Waals surface area (Å²) in [7, 11) is 0. The third-order valence-corrected chi connectivity index (χ3v) is 4.01. The normalized spacial score (nSPS) is 11.7. The summed E-state index contributed by atoms with van der Waals surface area (Å²) in [5, 5.41) is 0. The van der Waals surface area contributed by atoms with Gasteiger partial charge in [-0.25, -0.2) is 13.8 Å². The minimum atomic E-state index is -0.842. The monoisotopic (exact) mass is 295 g/mol. The molecule has 0 aliphatic heterocycles. The SMILES string of the molecule is CCC(CC)c1nc2cc(F)c(F)cc2n1CCCCN. The standard InChI is InChI=1S/C16H23F2N3/c1-3-11(4-2)16-20-14-9-12(17)13(18)10-15(14)21(16)8-6-5-7-19/h9-11H,3-8,19H2,1-2H3. The average Bonchev–Trinajstić information content (AvgIpc) is 2.79. The molecule has 0 bridgehead atoms. The molecule has 2 rings (SSSR count). The summed E-state index contributed by atoms with van der Waals surface area (Å²) >= 11 is 0. The lowest BCUT2D eigenvalue weighted by Gasteiger charge is -2.15. The molecule has 2 N–H and O–H groups in total.